The molecule has 0 unspecified atom stereocenters. The van der Waals surface area contributed by atoms with Gasteiger partial charge in [0.1, 0.15) is 10.8 Å². The standard InChI is InChI=1S/C19H23NO5S2/c1-24-16-5-4-12(9-17(16)25-2)18-20-14(11-27-18)10-15(21)8-13(19(22)23)6-7-26-3/h4-5,9,11,13H,6-8,10H2,1-3H3,(H,22,23)/t13-/m1/s1. The van der Waals surface area contributed by atoms with Crippen LogP contribution in [0.25, 0.3) is 10.6 Å². The molecule has 0 saturated heterocycles. The normalized spacial score (nSPS) is 11.8. The summed E-state index contributed by atoms with van der Waals surface area (Å²) >= 11 is 3.02. The number of thioether (sulfide) groups is 1. The monoisotopic (exact) mass is 409 g/mol. The lowest BCUT2D eigenvalue weighted by Crippen LogP contribution is -2.19. The minimum Gasteiger partial charge on any atom is -0.493 e. The zero-order valence-electron chi connectivity index (χ0n) is 15.6. The second kappa shape index (κ2) is 10.3. The van der Waals surface area contributed by atoms with Crippen molar-refractivity contribution in [3.8, 4) is 22.1 Å². The number of ketones is 1. The summed E-state index contributed by atoms with van der Waals surface area (Å²) in [6.45, 7) is 0. The fourth-order valence-corrected chi connectivity index (χ4v) is 3.95. The number of aromatic nitrogens is 1. The SMILES string of the molecule is COc1ccc(-c2nc(CC(=O)C[C@@H](CCSC)C(=O)O)cs2)cc1OC. The van der Waals surface area contributed by atoms with Crippen LogP contribution in [0.1, 0.15) is 18.5 Å². The summed E-state index contributed by atoms with van der Waals surface area (Å²) in [6.07, 6.45) is 2.61. The summed E-state index contributed by atoms with van der Waals surface area (Å²) in [5, 5.41) is 11.9. The summed E-state index contributed by atoms with van der Waals surface area (Å²) in [6, 6.07) is 5.53. The van der Waals surface area contributed by atoms with E-state index in [2.05, 4.69) is 4.98 Å². The zero-order chi connectivity index (χ0) is 19.8. The lowest BCUT2D eigenvalue weighted by atomic mass is 9.98. The number of ether oxygens (including phenoxy) is 2. The number of Topliss-reactive ketones (excluding diaryl/α,β-unsaturated/α-hetero) is 1. The molecule has 0 aliphatic heterocycles. The van der Waals surface area contributed by atoms with E-state index in [9.17, 15) is 14.7 Å². The van der Waals surface area contributed by atoms with Crippen molar-refractivity contribution < 1.29 is 24.2 Å². The summed E-state index contributed by atoms with van der Waals surface area (Å²) in [4.78, 5) is 28.1. The Morgan fingerprint density at radius 3 is 2.63 bits per heavy atom. The molecule has 0 amide bonds. The van der Waals surface area contributed by atoms with Crippen molar-refractivity contribution in [1.29, 1.82) is 0 Å². The van der Waals surface area contributed by atoms with Gasteiger partial charge in [-0.15, -0.1) is 11.3 Å². The van der Waals surface area contributed by atoms with Gasteiger partial charge in [-0.2, -0.15) is 11.8 Å². The lowest BCUT2D eigenvalue weighted by molar-refractivity contribution is -0.143. The van der Waals surface area contributed by atoms with E-state index in [1.165, 1.54) is 11.3 Å². The highest BCUT2D eigenvalue weighted by atomic mass is 32.2. The highest BCUT2D eigenvalue weighted by molar-refractivity contribution is 7.98. The first-order valence-corrected chi connectivity index (χ1v) is 10.7. The molecule has 0 aliphatic carbocycles. The molecule has 146 valence electrons. The van der Waals surface area contributed by atoms with Gasteiger partial charge in [0.2, 0.25) is 0 Å². The van der Waals surface area contributed by atoms with E-state index < -0.39 is 11.9 Å². The molecule has 1 heterocycles. The molecule has 0 saturated carbocycles. The number of hydrogen-bond donors (Lipinski definition) is 1. The van der Waals surface area contributed by atoms with Crippen molar-refractivity contribution in [2.24, 2.45) is 5.92 Å². The highest BCUT2D eigenvalue weighted by Crippen LogP contribution is 2.33. The molecule has 1 aromatic heterocycles. The highest BCUT2D eigenvalue weighted by Gasteiger charge is 2.21. The van der Waals surface area contributed by atoms with Gasteiger partial charge in [0.05, 0.1) is 25.8 Å². The molecule has 1 N–H and O–H groups in total. The van der Waals surface area contributed by atoms with Gasteiger partial charge in [0.15, 0.2) is 11.5 Å². The summed E-state index contributed by atoms with van der Waals surface area (Å²) < 4.78 is 10.5. The molecule has 6 nitrogen and oxygen atoms in total. The average Bonchev–Trinajstić information content (AvgIpc) is 3.12. The number of carboxylic acid groups (broad SMARTS) is 1. The van der Waals surface area contributed by atoms with Crippen LogP contribution < -0.4 is 9.47 Å². The van der Waals surface area contributed by atoms with Gasteiger partial charge in [-0.05, 0) is 36.6 Å². The van der Waals surface area contributed by atoms with Crippen LogP contribution >= 0.6 is 23.1 Å². The minimum atomic E-state index is -0.915. The van der Waals surface area contributed by atoms with E-state index in [0.717, 1.165) is 16.3 Å². The maximum atomic E-state index is 12.3. The number of aliphatic carboxylic acids is 1. The van der Waals surface area contributed by atoms with Crippen LogP contribution in [-0.2, 0) is 16.0 Å². The largest absolute Gasteiger partial charge is 0.493 e. The molecule has 2 rings (SSSR count). The van der Waals surface area contributed by atoms with E-state index >= 15 is 0 Å². The van der Waals surface area contributed by atoms with Crippen LogP contribution in [0.3, 0.4) is 0 Å². The van der Waals surface area contributed by atoms with Crippen molar-refractivity contribution in [3.63, 3.8) is 0 Å². The summed E-state index contributed by atoms with van der Waals surface area (Å²) in [5.41, 5.74) is 1.53. The quantitative estimate of drug-likeness (QED) is 0.604. The Kier molecular flexibility index (Phi) is 8.12. The first kappa shape index (κ1) is 21.2. The van der Waals surface area contributed by atoms with E-state index in [4.69, 9.17) is 9.47 Å². The molecular weight excluding hydrogens is 386 g/mol. The Labute approximate surface area is 166 Å². The number of rotatable bonds is 11. The van der Waals surface area contributed by atoms with Gasteiger partial charge in [-0.3, -0.25) is 9.59 Å². The molecule has 0 bridgehead atoms. The average molecular weight is 410 g/mol. The summed E-state index contributed by atoms with van der Waals surface area (Å²) in [7, 11) is 3.15. The van der Waals surface area contributed by atoms with Crippen molar-refractivity contribution in [2.45, 2.75) is 19.3 Å². The Balaban J connectivity index is 2.05. The van der Waals surface area contributed by atoms with Gasteiger partial charge in [0.25, 0.3) is 0 Å². The van der Waals surface area contributed by atoms with Crippen LogP contribution in [0.2, 0.25) is 0 Å². The third-order valence-electron chi connectivity index (χ3n) is 4.05. The van der Waals surface area contributed by atoms with E-state index in [1.54, 1.807) is 26.0 Å². The lowest BCUT2D eigenvalue weighted by Gasteiger charge is -2.10. The van der Waals surface area contributed by atoms with Gasteiger partial charge in [-0.1, -0.05) is 0 Å². The molecule has 0 radical (unpaired) electrons. The number of carboxylic acids is 1. The first-order chi connectivity index (χ1) is 13.0. The molecule has 0 spiro atoms. The number of hydrogen-bond acceptors (Lipinski definition) is 7. The fraction of sp³-hybridized carbons (Fsp3) is 0.421. The predicted octanol–water partition coefficient (Wildman–Crippen LogP) is 3.78. The number of carbonyl (C=O) groups is 2. The number of benzene rings is 1. The number of thiazole rings is 1. The second-order valence-electron chi connectivity index (χ2n) is 5.95. The Hall–Kier alpha value is -2.06. The number of carbonyl (C=O) groups excluding carboxylic acids is 1. The molecule has 27 heavy (non-hydrogen) atoms. The third kappa shape index (κ3) is 5.97. The maximum absolute atomic E-state index is 12.3. The number of methoxy groups -OCH3 is 2. The molecule has 8 heteroatoms. The molecule has 0 fully saturated rings. The Bertz CT molecular complexity index is 790. The minimum absolute atomic E-state index is 0.0408. The van der Waals surface area contributed by atoms with E-state index in [-0.39, 0.29) is 18.6 Å². The van der Waals surface area contributed by atoms with Crippen LogP contribution in [0.15, 0.2) is 23.6 Å². The summed E-state index contributed by atoms with van der Waals surface area (Å²) in [5.74, 6) is 0.326. The van der Waals surface area contributed by atoms with Gasteiger partial charge in [-0.25, -0.2) is 4.98 Å². The van der Waals surface area contributed by atoms with Crippen LogP contribution in [-0.4, -0.2) is 48.1 Å². The van der Waals surface area contributed by atoms with Crippen LogP contribution in [0, 0.1) is 5.92 Å². The third-order valence-corrected chi connectivity index (χ3v) is 5.64. The Morgan fingerprint density at radius 2 is 2.00 bits per heavy atom. The van der Waals surface area contributed by atoms with Crippen molar-refractivity contribution >= 4 is 34.9 Å². The van der Waals surface area contributed by atoms with Crippen LogP contribution in [0.4, 0.5) is 0 Å². The van der Waals surface area contributed by atoms with Crippen molar-refractivity contribution in [1.82, 2.24) is 4.98 Å². The second-order valence-corrected chi connectivity index (χ2v) is 7.79. The van der Waals surface area contributed by atoms with Gasteiger partial charge >= 0.3 is 5.97 Å². The molecule has 1 atom stereocenters. The van der Waals surface area contributed by atoms with Crippen molar-refractivity contribution in [2.75, 3.05) is 26.2 Å². The molecule has 1 aromatic carbocycles. The number of nitrogens with zero attached hydrogens (tertiary/aromatic N) is 1. The van der Waals surface area contributed by atoms with E-state index in [1.807, 2.05) is 29.8 Å². The predicted molar refractivity (Wildman–Crippen MR) is 108 cm³/mol. The molecular formula is C19H23NO5S2. The van der Waals surface area contributed by atoms with Crippen molar-refractivity contribution in [3.05, 3.63) is 29.3 Å². The maximum Gasteiger partial charge on any atom is 0.306 e. The smallest absolute Gasteiger partial charge is 0.306 e. The Morgan fingerprint density at radius 1 is 1.26 bits per heavy atom. The first-order valence-electron chi connectivity index (χ1n) is 8.38. The molecule has 0 aliphatic rings. The van der Waals surface area contributed by atoms with Gasteiger partial charge < -0.3 is 14.6 Å². The molecule has 2 aromatic rings. The van der Waals surface area contributed by atoms with Gasteiger partial charge in [0, 0.05) is 23.8 Å². The zero-order valence-corrected chi connectivity index (χ0v) is 17.2. The van der Waals surface area contributed by atoms with E-state index in [0.29, 0.717) is 23.6 Å². The van der Waals surface area contributed by atoms with Crippen LogP contribution in [0.5, 0.6) is 11.5 Å². The topological polar surface area (TPSA) is 85.7 Å². The fourth-order valence-electron chi connectivity index (χ4n) is 2.61.